The smallest absolute Gasteiger partial charge is 0.137 e. The quantitative estimate of drug-likeness (QED) is 0.791. The first-order valence-corrected chi connectivity index (χ1v) is 8.05. The SMILES string of the molecule is CCNC(Cc1cccc(F)c1Br)c1ccc(C)cc1C. The molecule has 2 rings (SSSR count). The van der Waals surface area contributed by atoms with Gasteiger partial charge in [-0.25, -0.2) is 4.39 Å². The number of aryl methyl sites for hydroxylation is 2. The number of nitrogens with one attached hydrogen (secondary N) is 1. The predicted molar refractivity (Wildman–Crippen MR) is 90.1 cm³/mol. The van der Waals surface area contributed by atoms with Gasteiger partial charge in [0.2, 0.25) is 0 Å². The first-order valence-electron chi connectivity index (χ1n) is 7.26. The third-order valence-corrected chi connectivity index (χ3v) is 4.59. The van der Waals surface area contributed by atoms with Crippen LogP contribution in [0.15, 0.2) is 40.9 Å². The number of halogens is 2. The van der Waals surface area contributed by atoms with Gasteiger partial charge in [0.1, 0.15) is 5.82 Å². The van der Waals surface area contributed by atoms with Crippen LogP contribution in [-0.2, 0) is 6.42 Å². The summed E-state index contributed by atoms with van der Waals surface area (Å²) < 4.78 is 14.3. The van der Waals surface area contributed by atoms with Crippen molar-refractivity contribution in [1.29, 1.82) is 0 Å². The van der Waals surface area contributed by atoms with Gasteiger partial charge in [-0.2, -0.15) is 0 Å². The van der Waals surface area contributed by atoms with Gasteiger partial charge in [0.15, 0.2) is 0 Å². The minimum atomic E-state index is -0.205. The highest BCUT2D eigenvalue weighted by Crippen LogP contribution is 2.27. The fourth-order valence-electron chi connectivity index (χ4n) is 2.68. The molecular formula is C18H21BrFN. The van der Waals surface area contributed by atoms with E-state index in [-0.39, 0.29) is 11.9 Å². The van der Waals surface area contributed by atoms with Crippen LogP contribution in [0.5, 0.6) is 0 Å². The molecule has 0 fully saturated rings. The number of rotatable bonds is 5. The molecule has 0 saturated heterocycles. The maximum atomic E-state index is 13.7. The Balaban J connectivity index is 2.33. The van der Waals surface area contributed by atoms with Crippen LogP contribution in [-0.4, -0.2) is 6.54 Å². The first-order chi connectivity index (χ1) is 10.0. The highest BCUT2D eigenvalue weighted by Gasteiger charge is 2.16. The zero-order valence-corrected chi connectivity index (χ0v) is 14.3. The molecule has 112 valence electrons. The minimum absolute atomic E-state index is 0.189. The van der Waals surface area contributed by atoms with Crippen molar-refractivity contribution in [2.75, 3.05) is 6.54 Å². The molecule has 0 radical (unpaired) electrons. The Morgan fingerprint density at radius 2 is 1.95 bits per heavy atom. The number of hydrogen-bond donors (Lipinski definition) is 1. The lowest BCUT2D eigenvalue weighted by Crippen LogP contribution is -2.24. The number of benzene rings is 2. The summed E-state index contributed by atoms with van der Waals surface area (Å²) in [5, 5.41) is 3.51. The molecule has 0 spiro atoms. The van der Waals surface area contributed by atoms with E-state index in [2.05, 4.69) is 60.2 Å². The van der Waals surface area contributed by atoms with Gasteiger partial charge in [-0.3, -0.25) is 0 Å². The van der Waals surface area contributed by atoms with Crippen molar-refractivity contribution in [2.24, 2.45) is 0 Å². The zero-order chi connectivity index (χ0) is 15.4. The van der Waals surface area contributed by atoms with E-state index in [1.54, 1.807) is 6.07 Å². The second kappa shape index (κ2) is 7.19. The molecule has 1 N–H and O–H groups in total. The Kier molecular flexibility index (Phi) is 5.54. The number of likely N-dealkylation sites (N-methyl/N-ethyl adjacent to an activating group) is 1. The zero-order valence-electron chi connectivity index (χ0n) is 12.7. The summed E-state index contributed by atoms with van der Waals surface area (Å²) in [6, 6.07) is 11.9. The normalized spacial score (nSPS) is 12.4. The Bertz CT molecular complexity index is 625. The molecule has 0 heterocycles. The molecule has 0 saturated carbocycles. The molecule has 1 unspecified atom stereocenters. The van der Waals surface area contributed by atoms with Gasteiger partial charge in [-0.15, -0.1) is 0 Å². The van der Waals surface area contributed by atoms with Crippen LogP contribution >= 0.6 is 15.9 Å². The largest absolute Gasteiger partial charge is 0.310 e. The molecule has 0 aliphatic carbocycles. The third kappa shape index (κ3) is 3.92. The average Bonchev–Trinajstić information content (AvgIpc) is 2.43. The van der Waals surface area contributed by atoms with Crippen LogP contribution in [0.4, 0.5) is 4.39 Å². The van der Waals surface area contributed by atoms with Crippen molar-refractivity contribution >= 4 is 15.9 Å². The Hall–Kier alpha value is -1.19. The predicted octanol–water partition coefficient (Wildman–Crippen LogP) is 5.10. The van der Waals surface area contributed by atoms with Gasteiger partial charge in [0, 0.05) is 6.04 Å². The monoisotopic (exact) mass is 349 g/mol. The molecule has 0 amide bonds. The minimum Gasteiger partial charge on any atom is -0.310 e. The maximum absolute atomic E-state index is 13.7. The lowest BCUT2D eigenvalue weighted by molar-refractivity contribution is 0.542. The summed E-state index contributed by atoms with van der Waals surface area (Å²) in [4.78, 5) is 0. The molecule has 1 nitrogen and oxygen atoms in total. The lowest BCUT2D eigenvalue weighted by Gasteiger charge is -2.21. The molecule has 0 aliphatic rings. The van der Waals surface area contributed by atoms with Crippen LogP contribution in [0.2, 0.25) is 0 Å². The molecular weight excluding hydrogens is 329 g/mol. The van der Waals surface area contributed by atoms with Gasteiger partial charge in [0.05, 0.1) is 4.47 Å². The van der Waals surface area contributed by atoms with Gasteiger partial charge in [-0.1, -0.05) is 42.8 Å². The molecule has 2 aromatic carbocycles. The van der Waals surface area contributed by atoms with Crippen molar-refractivity contribution < 1.29 is 4.39 Å². The van der Waals surface area contributed by atoms with E-state index in [0.717, 1.165) is 18.5 Å². The summed E-state index contributed by atoms with van der Waals surface area (Å²) in [5.41, 5.74) is 4.80. The van der Waals surface area contributed by atoms with Gasteiger partial charge in [-0.05, 0) is 65.5 Å². The highest BCUT2D eigenvalue weighted by molar-refractivity contribution is 9.10. The average molecular weight is 350 g/mol. The van der Waals surface area contributed by atoms with Crippen molar-refractivity contribution in [1.82, 2.24) is 5.32 Å². The van der Waals surface area contributed by atoms with E-state index in [1.807, 2.05) is 6.07 Å². The van der Waals surface area contributed by atoms with Crippen molar-refractivity contribution in [2.45, 2.75) is 33.2 Å². The van der Waals surface area contributed by atoms with Gasteiger partial charge in [0.25, 0.3) is 0 Å². The standard InChI is InChI=1S/C18H21BrFN/c1-4-21-17(15-9-8-12(2)10-13(15)3)11-14-6-5-7-16(20)18(14)19/h5-10,17,21H,4,11H2,1-3H3. The molecule has 21 heavy (non-hydrogen) atoms. The lowest BCUT2D eigenvalue weighted by atomic mass is 9.94. The molecule has 3 heteroatoms. The summed E-state index contributed by atoms with van der Waals surface area (Å²) >= 11 is 3.36. The van der Waals surface area contributed by atoms with Crippen LogP contribution < -0.4 is 5.32 Å². The topological polar surface area (TPSA) is 12.0 Å². The summed E-state index contributed by atoms with van der Waals surface area (Å²) in [6.45, 7) is 7.21. The summed E-state index contributed by atoms with van der Waals surface area (Å²) in [7, 11) is 0. The second-order valence-electron chi connectivity index (χ2n) is 5.39. The second-order valence-corrected chi connectivity index (χ2v) is 6.18. The van der Waals surface area contributed by atoms with E-state index in [1.165, 1.54) is 22.8 Å². The molecule has 0 bridgehead atoms. The Morgan fingerprint density at radius 1 is 1.19 bits per heavy atom. The summed E-state index contributed by atoms with van der Waals surface area (Å²) in [6.07, 6.45) is 0.760. The van der Waals surface area contributed by atoms with E-state index in [0.29, 0.717) is 4.47 Å². The van der Waals surface area contributed by atoms with Crippen molar-refractivity contribution in [3.05, 3.63) is 68.9 Å². The maximum Gasteiger partial charge on any atom is 0.137 e. The molecule has 2 aromatic rings. The van der Waals surface area contributed by atoms with E-state index in [9.17, 15) is 4.39 Å². The fraction of sp³-hybridized carbons (Fsp3) is 0.333. The van der Waals surface area contributed by atoms with Crippen molar-refractivity contribution in [3.8, 4) is 0 Å². The van der Waals surface area contributed by atoms with Crippen LogP contribution in [0.1, 0.15) is 35.2 Å². The van der Waals surface area contributed by atoms with Crippen LogP contribution in [0.3, 0.4) is 0 Å². The Morgan fingerprint density at radius 3 is 2.62 bits per heavy atom. The van der Waals surface area contributed by atoms with E-state index in [4.69, 9.17) is 0 Å². The highest BCUT2D eigenvalue weighted by atomic mass is 79.9. The fourth-order valence-corrected chi connectivity index (χ4v) is 3.11. The molecule has 0 aromatic heterocycles. The first kappa shape index (κ1) is 16.2. The van der Waals surface area contributed by atoms with Crippen molar-refractivity contribution in [3.63, 3.8) is 0 Å². The van der Waals surface area contributed by atoms with Gasteiger partial charge < -0.3 is 5.32 Å². The van der Waals surface area contributed by atoms with E-state index >= 15 is 0 Å². The third-order valence-electron chi connectivity index (χ3n) is 3.71. The van der Waals surface area contributed by atoms with Crippen LogP contribution in [0.25, 0.3) is 0 Å². The van der Waals surface area contributed by atoms with Gasteiger partial charge >= 0.3 is 0 Å². The molecule has 0 aliphatic heterocycles. The van der Waals surface area contributed by atoms with E-state index < -0.39 is 0 Å². The Labute approximate surface area is 134 Å². The van der Waals surface area contributed by atoms with Crippen LogP contribution in [0, 0.1) is 19.7 Å². The molecule has 1 atom stereocenters. The number of hydrogen-bond acceptors (Lipinski definition) is 1. The summed E-state index contributed by atoms with van der Waals surface area (Å²) in [5.74, 6) is -0.205.